The molecular formula is C15H18N2O4S2. The summed E-state index contributed by atoms with van der Waals surface area (Å²) in [5.74, 6) is -0.779. The Bertz CT molecular complexity index is 721. The first-order valence-electron chi connectivity index (χ1n) is 6.99. The maximum Gasteiger partial charge on any atom is 0.341 e. The topological polar surface area (TPSA) is 77.5 Å². The number of thiazole rings is 1. The molecule has 0 aliphatic heterocycles. The number of aromatic nitrogens is 1. The number of rotatable bonds is 6. The molecule has 1 amide bonds. The molecule has 2 rings (SSSR count). The molecule has 2 aromatic heterocycles. The van der Waals surface area contributed by atoms with Crippen molar-refractivity contribution in [2.75, 3.05) is 19.0 Å². The van der Waals surface area contributed by atoms with Crippen LogP contribution in [-0.4, -0.2) is 30.6 Å². The smallest absolute Gasteiger partial charge is 0.341 e. The molecule has 6 nitrogen and oxygen atoms in total. The summed E-state index contributed by atoms with van der Waals surface area (Å²) in [4.78, 5) is 29.6. The fraction of sp³-hybridized carbons (Fsp3) is 0.400. The van der Waals surface area contributed by atoms with Crippen LogP contribution in [0.15, 0.2) is 5.38 Å². The van der Waals surface area contributed by atoms with Gasteiger partial charge in [0.25, 0.3) is 5.91 Å². The molecule has 1 N–H and O–H groups in total. The molecule has 0 saturated heterocycles. The van der Waals surface area contributed by atoms with Gasteiger partial charge in [-0.3, -0.25) is 4.79 Å². The van der Waals surface area contributed by atoms with E-state index >= 15 is 0 Å². The minimum atomic E-state index is -0.428. The summed E-state index contributed by atoms with van der Waals surface area (Å²) in [7, 11) is 1.57. The average molecular weight is 354 g/mol. The third-order valence-corrected chi connectivity index (χ3v) is 5.09. The zero-order valence-electron chi connectivity index (χ0n) is 13.4. The Kier molecular flexibility index (Phi) is 5.86. The van der Waals surface area contributed by atoms with Crippen molar-refractivity contribution in [2.24, 2.45) is 0 Å². The average Bonchev–Trinajstić information content (AvgIpc) is 3.06. The number of hydrogen-bond donors (Lipinski definition) is 1. The molecule has 0 radical (unpaired) electrons. The number of hydrogen-bond acceptors (Lipinski definition) is 7. The lowest BCUT2D eigenvalue weighted by Gasteiger charge is -2.06. The van der Waals surface area contributed by atoms with Crippen LogP contribution in [0.3, 0.4) is 0 Å². The van der Waals surface area contributed by atoms with E-state index in [9.17, 15) is 9.59 Å². The lowest BCUT2D eigenvalue weighted by Crippen LogP contribution is -2.15. The molecule has 23 heavy (non-hydrogen) atoms. The molecule has 2 aromatic rings. The summed E-state index contributed by atoms with van der Waals surface area (Å²) in [6, 6.07) is 0. The standard InChI is InChI=1S/C15H18N2O4S2/c1-5-21-15(19)12-8(2)9(3)23-14(12)17-13(18)10-7-22-11(16-10)6-20-4/h7H,5-6H2,1-4H3,(H,17,18). The number of anilines is 1. The minimum absolute atomic E-state index is 0.285. The highest BCUT2D eigenvalue weighted by atomic mass is 32.1. The number of amides is 1. The Morgan fingerprint density at radius 2 is 2.09 bits per heavy atom. The molecule has 0 unspecified atom stereocenters. The van der Waals surface area contributed by atoms with Crippen LogP contribution in [0.2, 0.25) is 0 Å². The number of nitrogens with one attached hydrogen (secondary N) is 1. The van der Waals surface area contributed by atoms with Gasteiger partial charge < -0.3 is 14.8 Å². The van der Waals surface area contributed by atoms with Crippen molar-refractivity contribution in [2.45, 2.75) is 27.4 Å². The second-order valence-corrected chi connectivity index (χ2v) is 6.89. The lowest BCUT2D eigenvalue weighted by molar-refractivity contribution is 0.0527. The Balaban J connectivity index is 2.23. The molecule has 8 heteroatoms. The Labute approximate surface area is 142 Å². The minimum Gasteiger partial charge on any atom is -0.462 e. The maximum absolute atomic E-state index is 12.3. The van der Waals surface area contributed by atoms with Crippen molar-refractivity contribution >= 4 is 39.6 Å². The summed E-state index contributed by atoms with van der Waals surface area (Å²) in [6.45, 7) is 6.14. The number of esters is 1. The fourth-order valence-electron chi connectivity index (χ4n) is 1.94. The van der Waals surface area contributed by atoms with Gasteiger partial charge in [-0.2, -0.15) is 0 Å². The van der Waals surface area contributed by atoms with E-state index < -0.39 is 5.97 Å². The molecule has 0 aliphatic rings. The van der Waals surface area contributed by atoms with Crippen molar-refractivity contribution in [3.63, 3.8) is 0 Å². The number of nitrogens with zero attached hydrogens (tertiary/aromatic N) is 1. The van der Waals surface area contributed by atoms with Gasteiger partial charge in [0.05, 0.1) is 18.8 Å². The predicted molar refractivity (Wildman–Crippen MR) is 90.5 cm³/mol. The Morgan fingerprint density at radius 1 is 1.35 bits per heavy atom. The lowest BCUT2D eigenvalue weighted by atomic mass is 10.1. The highest BCUT2D eigenvalue weighted by Gasteiger charge is 2.23. The van der Waals surface area contributed by atoms with Gasteiger partial charge >= 0.3 is 5.97 Å². The summed E-state index contributed by atoms with van der Waals surface area (Å²) in [5, 5.41) is 5.65. The molecular weight excluding hydrogens is 336 g/mol. The normalized spacial score (nSPS) is 10.6. The van der Waals surface area contributed by atoms with E-state index in [2.05, 4.69) is 10.3 Å². The summed E-state index contributed by atoms with van der Waals surface area (Å²) >= 11 is 2.71. The first kappa shape index (κ1) is 17.6. The number of aryl methyl sites for hydroxylation is 1. The van der Waals surface area contributed by atoms with E-state index in [0.29, 0.717) is 22.9 Å². The van der Waals surface area contributed by atoms with E-state index in [1.54, 1.807) is 19.4 Å². The number of carbonyl (C=O) groups excluding carboxylic acids is 2. The zero-order valence-corrected chi connectivity index (χ0v) is 15.0. The third kappa shape index (κ3) is 3.95. The van der Waals surface area contributed by atoms with Crippen molar-refractivity contribution in [1.82, 2.24) is 4.98 Å². The SMILES string of the molecule is CCOC(=O)c1c(NC(=O)c2csc(COC)n2)sc(C)c1C. The maximum atomic E-state index is 12.3. The molecule has 0 atom stereocenters. The van der Waals surface area contributed by atoms with Gasteiger partial charge in [0.1, 0.15) is 15.7 Å². The van der Waals surface area contributed by atoms with Crippen LogP contribution in [-0.2, 0) is 16.1 Å². The van der Waals surface area contributed by atoms with Crippen LogP contribution in [0.5, 0.6) is 0 Å². The van der Waals surface area contributed by atoms with Crippen molar-refractivity contribution < 1.29 is 19.1 Å². The zero-order chi connectivity index (χ0) is 17.0. The first-order valence-corrected chi connectivity index (χ1v) is 8.69. The third-order valence-electron chi connectivity index (χ3n) is 3.14. The van der Waals surface area contributed by atoms with Crippen molar-refractivity contribution in [3.05, 3.63) is 32.1 Å². The first-order chi connectivity index (χ1) is 11.0. The van der Waals surface area contributed by atoms with Crippen LogP contribution in [0.25, 0.3) is 0 Å². The number of carbonyl (C=O) groups is 2. The van der Waals surface area contributed by atoms with Gasteiger partial charge in [0.15, 0.2) is 0 Å². The highest BCUT2D eigenvalue weighted by molar-refractivity contribution is 7.16. The molecule has 0 saturated carbocycles. The van der Waals surface area contributed by atoms with E-state index in [1.165, 1.54) is 22.7 Å². The summed E-state index contributed by atoms with van der Waals surface area (Å²) < 4.78 is 10.1. The molecule has 2 heterocycles. The Morgan fingerprint density at radius 3 is 2.74 bits per heavy atom. The number of ether oxygens (including phenoxy) is 2. The molecule has 0 spiro atoms. The number of thiophene rings is 1. The van der Waals surface area contributed by atoms with E-state index in [-0.39, 0.29) is 12.5 Å². The number of methoxy groups -OCH3 is 1. The second-order valence-electron chi connectivity index (χ2n) is 4.72. The van der Waals surface area contributed by atoms with E-state index in [1.807, 2.05) is 13.8 Å². The summed E-state index contributed by atoms with van der Waals surface area (Å²) in [6.07, 6.45) is 0. The van der Waals surface area contributed by atoms with E-state index in [4.69, 9.17) is 9.47 Å². The fourth-order valence-corrected chi connectivity index (χ4v) is 3.72. The van der Waals surface area contributed by atoms with Crippen LogP contribution < -0.4 is 5.32 Å². The Hall–Kier alpha value is -1.77. The van der Waals surface area contributed by atoms with Crippen LogP contribution >= 0.6 is 22.7 Å². The molecule has 0 fully saturated rings. The van der Waals surface area contributed by atoms with Crippen LogP contribution in [0, 0.1) is 13.8 Å². The molecule has 124 valence electrons. The summed E-state index contributed by atoms with van der Waals surface area (Å²) in [5.41, 5.74) is 1.54. The molecule has 0 bridgehead atoms. The van der Waals surface area contributed by atoms with Gasteiger partial charge in [0.2, 0.25) is 0 Å². The quantitative estimate of drug-likeness (QED) is 0.805. The molecule has 0 aromatic carbocycles. The van der Waals surface area contributed by atoms with Crippen LogP contribution in [0.4, 0.5) is 5.00 Å². The van der Waals surface area contributed by atoms with Gasteiger partial charge in [0, 0.05) is 17.4 Å². The predicted octanol–water partition coefficient (Wildman–Crippen LogP) is 3.40. The monoisotopic (exact) mass is 354 g/mol. The van der Waals surface area contributed by atoms with Gasteiger partial charge in [-0.05, 0) is 26.3 Å². The van der Waals surface area contributed by atoms with Gasteiger partial charge in [-0.15, -0.1) is 22.7 Å². The molecule has 0 aliphatic carbocycles. The van der Waals surface area contributed by atoms with Crippen LogP contribution in [0.1, 0.15) is 43.2 Å². The van der Waals surface area contributed by atoms with Gasteiger partial charge in [-0.25, -0.2) is 9.78 Å². The van der Waals surface area contributed by atoms with Crippen molar-refractivity contribution in [3.8, 4) is 0 Å². The van der Waals surface area contributed by atoms with Crippen molar-refractivity contribution in [1.29, 1.82) is 0 Å². The highest BCUT2D eigenvalue weighted by Crippen LogP contribution is 2.33. The largest absolute Gasteiger partial charge is 0.462 e. The second kappa shape index (κ2) is 7.67. The van der Waals surface area contributed by atoms with E-state index in [0.717, 1.165) is 15.4 Å². The van der Waals surface area contributed by atoms with Gasteiger partial charge in [-0.1, -0.05) is 0 Å².